The first-order chi connectivity index (χ1) is 15.1. The second kappa shape index (κ2) is 11.2. The van der Waals surface area contributed by atoms with Crippen molar-refractivity contribution in [2.75, 3.05) is 0 Å². The third-order valence-electron chi connectivity index (χ3n) is 4.71. The zero-order valence-corrected chi connectivity index (χ0v) is 19.0. The molecule has 0 saturated carbocycles. The van der Waals surface area contributed by atoms with Gasteiger partial charge in [0.25, 0.3) is 0 Å². The number of hydrogen-bond donors (Lipinski definition) is 0. The molecule has 0 aliphatic rings. The number of carbonyl (C=O) groups excluding carboxylic acids is 2. The van der Waals surface area contributed by atoms with Gasteiger partial charge < -0.3 is 18.9 Å². The zero-order valence-electron chi connectivity index (χ0n) is 19.0. The van der Waals surface area contributed by atoms with Crippen LogP contribution < -0.4 is 9.47 Å². The Morgan fingerprint density at radius 3 is 1.62 bits per heavy atom. The van der Waals surface area contributed by atoms with Crippen molar-refractivity contribution in [1.29, 1.82) is 0 Å². The van der Waals surface area contributed by atoms with E-state index in [1.54, 1.807) is 13.8 Å². The summed E-state index contributed by atoms with van der Waals surface area (Å²) in [7, 11) is 0. The predicted octanol–water partition coefficient (Wildman–Crippen LogP) is 5.11. The van der Waals surface area contributed by atoms with Crippen LogP contribution in [0.2, 0.25) is 0 Å². The molecule has 32 heavy (non-hydrogen) atoms. The lowest BCUT2D eigenvalue weighted by Crippen LogP contribution is -2.21. The first-order valence-corrected chi connectivity index (χ1v) is 10.3. The van der Waals surface area contributed by atoms with Gasteiger partial charge in [0.2, 0.25) is 12.6 Å². The second-order valence-corrected chi connectivity index (χ2v) is 7.88. The maximum Gasteiger partial charge on any atom is 0.333 e. The van der Waals surface area contributed by atoms with Crippen molar-refractivity contribution in [3.05, 3.63) is 85.0 Å². The van der Waals surface area contributed by atoms with Gasteiger partial charge in [0, 0.05) is 26.0 Å². The molecule has 0 amide bonds. The van der Waals surface area contributed by atoms with Crippen molar-refractivity contribution >= 4 is 11.9 Å². The quantitative estimate of drug-likeness (QED) is 0.276. The molecule has 0 aliphatic carbocycles. The minimum atomic E-state index is -0.705. The highest BCUT2D eigenvalue weighted by molar-refractivity contribution is 5.81. The number of carbonyl (C=O) groups is 2. The summed E-state index contributed by atoms with van der Waals surface area (Å²) in [5, 5.41) is 0. The van der Waals surface area contributed by atoms with Gasteiger partial charge in [0.15, 0.2) is 0 Å². The Morgan fingerprint density at radius 1 is 0.812 bits per heavy atom. The third kappa shape index (κ3) is 7.61. The van der Waals surface area contributed by atoms with Crippen molar-refractivity contribution in [1.82, 2.24) is 0 Å². The zero-order chi connectivity index (χ0) is 23.7. The molecule has 0 radical (unpaired) electrons. The van der Waals surface area contributed by atoms with Crippen LogP contribution in [0.4, 0.5) is 0 Å². The van der Waals surface area contributed by atoms with Gasteiger partial charge in [0.1, 0.15) is 11.5 Å². The molecule has 2 unspecified atom stereocenters. The van der Waals surface area contributed by atoms with Crippen molar-refractivity contribution in [3.63, 3.8) is 0 Å². The number of hydrogen-bond acceptors (Lipinski definition) is 6. The molecule has 0 aliphatic heterocycles. The molecule has 6 heteroatoms. The molecule has 0 aromatic heterocycles. The SMILES string of the molecule is C=CC(=O)OC(C)Oc1ccc(CC(C)(C)c2ccc(OC(C)OC(=O)C=C)cc2)cc1. The van der Waals surface area contributed by atoms with Crippen molar-refractivity contribution in [2.24, 2.45) is 0 Å². The lowest BCUT2D eigenvalue weighted by Gasteiger charge is -2.26. The average molecular weight is 439 g/mol. The highest BCUT2D eigenvalue weighted by atomic mass is 16.7. The van der Waals surface area contributed by atoms with Crippen LogP contribution in [-0.4, -0.2) is 24.5 Å². The van der Waals surface area contributed by atoms with Gasteiger partial charge in [-0.05, 0) is 47.2 Å². The van der Waals surface area contributed by atoms with E-state index < -0.39 is 24.5 Å². The molecule has 6 nitrogen and oxygen atoms in total. The normalized spacial score (nSPS) is 12.8. The van der Waals surface area contributed by atoms with Gasteiger partial charge in [-0.25, -0.2) is 9.59 Å². The van der Waals surface area contributed by atoms with Crippen LogP contribution in [0.1, 0.15) is 38.8 Å². The van der Waals surface area contributed by atoms with E-state index in [1.165, 1.54) is 0 Å². The van der Waals surface area contributed by atoms with E-state index in [9.17, 15) is 9.59 Å². The van der Waals surface area contributed by atoms with Crippen LogP contribution in [0.3, 0.4) is 0 Å². The molecule has 0 spiro atoms. The van der Waals surface area contributed by atoms with E-state index in [0.29, 0.717) is 11.5 Å². The van der Waals surface area contributed by atoms with Gasteiger partial charge in [0.05, 0.1) is 0 Å². The Kier molecular flexibility index (Phi) is 8.64. The van der Waals surface area contributed by atoms with Gasteiger partial charge in [-0.2, -0.15) is 0 Å². The maximum absolute atomic E-state index is 11.2. The van der Waals surface area contributed by atoms with E-state index in [0.717, 1.165) is 29.7 Å². The molecule has 0 bridgehead atoms. The molecule has 0 saturated heterocycles. The summed E-state index contributed by atoms with van der Waals surface area (Å²) in [6.07, 6.45) is 1.60. The Balaban J connectivity index is 1.97. The third-order valence-corrected chi connectivity index (χ3v) is 4.71. The summed E-state index contributed by atoms with van der Waals surface area (Å²) in [5.74, 6) is 0.170. The van der Waals surface area contributed by atoms with Crippen LogP contribution in [0, 0.1) is 0 Å². The smallest absolute Gasteiger partial charge is 0.333 e. The lowest BCUT2D eigenvalue weighted by molar-refractivity contribution is -0.156. The number of benzene rings is 2. The van der Waals surface area contributed by atoms with E-state index in [2.05, 4.69) is 27.0 Å². The first-order valence-electron chi connectivity index (χ1n) is 10.3. The van der Waals surface area contributed by atoms with Gasteiger partial charge in [-0.15, -0.1) is 0 Å². The van der Waals surface area contributed by atoms with Gasteiger partial charge in [-0.3, -0.25) is 0 Å². The summed E-state index contributed by atoms with van der Waals surface area (Å²) < 4.78 is 21.2. The molecule has 2 aromatic carbocycles. The number of rotatable bonds is 11. The fourth-order valence-electron chi connectivity index (χ4n) is 3.14. The average Bonchev–Trinajstić information content (AvgIpc) is 2.75. The van der Waals surface area contributed by atoms with Crippen molar-refractivity contribution in [2.45, 2.75) is 52.1 Å². The highest BCUT2D eigenvalue weighted by Crippen LogP contribution is 2.30. The topological polar surface area (TPSA) is 71.1 Å². The van der Waals surface area contributed by atoms with Gasteiger partial charge in [-0.1, -0.05) is 51.3 Å². The Bertz CT molecular complexity index is 928. The van der Waals surface area contributed by atoms with Crippen molar-refractivity contribution < 1.29 is 28.5 Å². The molecule has 0 N–H and O–H groups in total. The van der Waals surface area contributed by atoms with Crippen LogP contribution in [0.15, 0.2) is 73.8 Å². The van der Waals surface area contributed by atoms with E-state index >= 15 is 0 Å². The minimum absolute atomic E-state index is 0.130. The fraction of sp³-hybridized carbons (Fsp3) is 0.308. The second-order valence-electron chi connectivity index (χ2n) is 7.88. The number of esters is 2. The Hall–Kier alpha value is -3.54. The Morgan fingerprint density at radius 2 is 1.22 bits per heavy atom. The summed E-state index contributed by atoms with van der Waals surface area (Å²) in [6, 6.07) is 15.4. The van der Waals surface area contributed by atoms with E-state index in [1.807, 2.05) is 48.5 Å². The summed E-state index contributed by atoms with van der Waals surface area (Å²) >= 11 is 0. The number of ether oxygens (including phenoxy) is 4. The summed E-state index contributed by atoms with van der Waals surface area (Å²) in [6.45, 7) is 14.4. The van der Waals surface area contributed by atoms with Crippen molar-refractivity contribution in [3.8, 4) is 11.5 Å². The predicted molar refractivity (Wildman–Crippen MR) is 122 cm³/mol. The molecule has 2 aromatic rings. The minimum Gasteiger partial charge on any atom is -0.455 e. The summed E-state index contributed by atoms with van der Waals surface area (Å²) in [5.41, 5.74) is 2.16. The van der Waals surface area contributed by atoms with Crippen LogP contribution in [0.25, 0.3) is 0 Å². The molecule has 170 valence electrons. The monoisotopic (exact) mass is 438 g/mol. The fourth-order valence-corrected chi connectivity index (χ4v) is 3.14. The Labute approximate surface area is 189 Å². The molecular weight excluding hydrogens is 408 g/mol. The maximum atomic E-state index is 11.2. The van der Waals surface area contributed by atoms with Crippen LogP contribution in [0.5, 0.6) is 11.5 Å². The van der Waals surface area contributed by atoms with Gasteiger partial charge >= 0.3 is 11.9 Å². The standard InChI is InChI=1S/C26H30O6/c1-7-24(27)31-18(3)29-22-13-9-20(10-14-22)17-26(5,6)21-11-15-23(16-12-21)30-19(4)32-25(28)8-2/h7-16,18-19H,1-2,17H2,3-6H3. The largest absolute Gasteiger partial charge is 0.455 e. The molecule has 2 atom stereocenters. The summed E-state index contributed by atoms with van der Waals surface area (Å²) in [4.78, 5) is 22.5. The molecular formula is C26H30O6. The lowest BCUT2D eigenvalue weighted by atomic mass is 9.79. The molecule has 2 rings (SSSR count). The first kappa shape index (κ1) is 24.7. The van der Waals surface area contributed by atoms with Crippen LogP contribution in [-0.2, 0) is 30.9 Å². The molecule has 0 heterocycles. The van der Waals surface area contributed by atoms with E-state index in [-0.39, 0.29) is 5.41 Å². The highest BCUT2D eigenvalue weighted by Gasteiger charge is 2.21. The van der Waals surface area contributed by atoms with Crippen LogP contribution >= 0.6 is 0 Å². The van der Waals surface area contributed by atoms with E-state index in [4.69, 9.17) is 18.9 Å². The molecule has 0 fully saturated rings.